The number of tetrazole rings is 1. The van der Waals surface area contributed by atoms with E-state index in [9.17, 15) is 4.79 Å². The molecular formula is C21H18N6O2. The van der Waals surface area contributed by atoms with Crippen molar-refractivity contribution in [3.63, 3.8) is 0 Å². The lowest BCUT2D eigenvalue weighted by Gasteiger charge is -2.09. The number of hydrogen-bond acceptors (Lipinski definition) is 6. The zero-order valence-electron chi connectivity index (χ0n) is 15.5. The Labute approximate surface area is 167 Å². The minimum Gasteiger partial charge on any atom is -0.489 e. The Kier molecular flexibility index (Phi) is 5.52. The monoisotopic (exact) mass is 386 g/mol. The standard InChI is InChI=1S/C21H18N6O2/c28-21(11-16-6-8-19(9-7-16)27-15-23-25-26-27)24-18-4-1-5-20(12-18)29-14-17-3-2-10-22-13-17/h1-10,12-13,15H,11,14H2,(H,24,28). The molecule has 0 saturated carbocycles. The molecule has 4 aromatic rings. The number of nitrogens with one attached hydrogen (secondary N) is 1. The van der Waals surface area contributed by atoms with Crippen LogP contribution in [0.5, 0.6) is 5.75 Å². The molecule has 0 fully saturated rings. The van der Waals surface area contributed by atoms with Crippen LogP contribution in [0.3, 0.4) is 0 Å². The molecule has 0 atom stereocenters. The molecule has 4 rings (SSSR count). The number of ether oxygens (including phenoxy) is 1. The lowest BCUT2D eigenvalue weighted by Crippen LogP contribution is -2.14. The second-order valence-electron chi connectivity index (χ2n) is 6.32. The van der Waals surface area contributed by atoms with Crippen LogP contribution in [-0.4, -0.2) is 31.1 Å². The van der Waals surface area contributed by atoms with Crippen LogP contribution in [0.4, 0.5) is 5.69 Å². The van der Waals surface area contributed by atoms with Gasteiger partial charge in [-0.2, -0.15) is 0 Å². The van der Waals surface area contributed by atoms with Crippen molar-refractivity contribution >= 4 is 11.6 Å². The smallest absolute Gasteiger partial charge is 0.228 e. The van der Waals surface area contributed by atoms with Crippen molar-refractivity contribution in [2.45, 2.75) is 13.0 Å². The van der Waals surface area contributed by atoms with E-state index in [1.165, 1.54) is 6.33 Å². The Balaban J connectivity index is 1.33. The fourth-order valence-electron chi connectivity index (χ4n) is 2.75. The van der Waals surface area contributed by atoms with Crippen molar-refractivity contribution in [1.82, 2.24) is 25.2 Å². The first-order chi connectivity index (χ1) is 14.3. The van der Waals surface area contributed by atoms with Gasteiger partial charge in [0.15, 0.2) is 0 Å². The van der Waals surface area contributed by atoms with Gasteiger partial charge in [0.05, 0.1) is 12.1 Å². The summed E-state index contributed by atoms with van der Waals surface area (Å²) in [5.74, 6) is 0.571. The van der Waals surface area contributed by atoms with E-state index in [2.05, 4.69) is 25.8 Å². The van der Waals surface area contributed by atoms with Gasteiger partial charge in [-0.25, -0.2) is 4.68 Å². The summed E-state index contributed by atoms with van der Waals surface area (Å²) in [5, 5.41) is 14.0. The first-order valence-electron chi connectivity index (χ1n) is 9.00. The minimum atomic E-state index is -0.107. The molecule has 0 unspecified atom stereocenters. The quantitative estimate of drug-likeness (QED) is 0.525. The summed E-state index contributed by atoms with van der Waals surface area (Å²) in [6, 6.07) is 18.6. The Morgan fingerprint density at radius 2 is 1.93 bits per heavy atom. The summed E-state index contributed by atoms with van der Waals surface area (Å²) in [4.78, 5) is 16.5. The number of anilines is 1. The summed E-state index contributed by atoms with van der Waals surface area (Å²) in [6.45, 7) is 0.416. The third-order valence-corrected chi connectivity index (χ3v) is 4.16. The van der Waals surface area contributed by atoms with Crippen LogP contribution >= 0.6 is 0 Å². The molecule has 8 heteroatoms. The average Bonchev–Trinajstić information content (AvgIpc) is 3.29. The van der Waals surface area contributed by atoms with Crippen molar-refractivity contribution in [2.75, 3.05) is 5.32 Å². The lowest BCUT2D eigenvalue weighted by molar-refractivity contribution is -0.115. The Morgan fingerprint density at radius 1 is 1.03 bits per heavy atom. The molecule has 2 aromatic heterocycles. The van der Waals surface area contributed by atoms with Crippen LogP contribution in [0.2, 0.25) is 0 Å². The van der Waals surface area contributed by atoms with Gasteiger partial charge in [-0.15, -0.1) is 5.10 Å². The molecule has 0 bridgehead atoms. The maximum Gasteiger partial charge on any atom is 0.228 e. The molecule has 0 spiro atoms. The first-order valence-corrected chi connectivity index (χ1v) is 9.00. The molecule has 2 heterocycles. The third-order valence-electron chi connectivity index (χ3n) is 4.16. The van der Waals surface area contributed by atoms with Gasteiger partial charge >= 0.3 is 0 Å². The molecule has 2 aromatic carbocycles. The van der Waals surface area contributed by atoms with E-state index in [-0.39, 0.29) is 12.3 Å². The average molecular weight is 386 g/mol. The van der Waals surface area contributed by atoms with Gasteiger partial charge in [-0.3, -0.25) is 9.78 Å². The fraction of sp³-hybridized carbons (Fsp3) is 0.0952. The molecular weight excluding hydrogens is 368 g/mol. The van der Waals surface area contributed by atoms with E-state index in [0.717, 1.165) is 16.8 Å². The zero-order valence-corrected chi connectivity index (χ0v) is 15.5. The Hall–Kier alpha value is -4.07. The second-order valence-corrected chi connectivity index (χ2v) is 6.32. The molecule has 0 aliphatic rings. The van der Waals surface area contributed by atoms with Gasteiger partial charge in [0.25, 0.3) is 0 Å². The maximum absolute atomic E-state index is 12.4. The summed E-state index contributed by atoms with van der Waals surface area (Å²) in [7, 11) is 0. The number of carbonyl (C=O) groups excluding carboxylic acids is 1. The number of rotatable bonds is 7. The van der Waals surface area contributed by atoms with Gasteiger partial charge in [0.1, 0.15) is 18.7 Å². The van der Waals surface area contributed by atoms with Gasteiger partial charge in [-0.1, -0.05) is 24.3 Å². The third kappa shape index (κ3) is 5.01. The number of pyridine rings is 1. The zero-order chi connectivity index (χ0) is 19.9. The van der Waals surface area contributed by atoms with Gasteiger partial charge in [0, 0.05) is 29.7 Å². The molecule has 0 aliphatic carbocycles. The minimum absolute atomic E-state index is 0.107. The summed E-state index contributed by atoms with van der Waals surface area (Å²) < 4.78 is 7.33. The van der Waals surface area contributed by atoms with Crippen molar-refractivity contribution in [3.8, 4) is 11.4 Å². The molecule has 0 saturated heterocycles. The van der Waals surface area contributed by atoms with Crippen molar-refractivity contribution in [1.29, 1.82) is 0 Å². The normalized spacial score (nSPS) is 10.5. The molecule has 0 aliphatic heterocycles. The number of nitrogens with zero attached hydrogens (tertiary/aromatic N) is 5. The van der Waals surface area contributed by atoms with Crippen molar-refractivity contribution in [3.05, 3.63) is 90.5 Å². The highest BCUT2D eigenvalue weighted by atomic mass is 16.5. The van der Waals surface area contributed by atoms with E-state index in [1.54, 1.807) is 23.1 Å². The van der Waals surface area contributed by atoms with Crippen LogP contribution in [0.25, 0.3) is 5.69 Å². The number of carbonyl (C=O) groups is 1. The largest absolute Gasteiger partial charge is 0.489 e. The highest BCUT2D eigenvalue weighted by Crippen LogP contribution is 2.19. The highest BCUT2D eigenvalue weighted by Gasteiger charge is 2.06. The fourth-order valence-corrected chi connectivity index (χ4v) is 2.75. The topological polar surface area (TPSA) is 94.8 Å². The highest BCUT2D eigenvalue weighted by molar-refractivity contribution is 5.92. The second kappa shape index (κ2) is 8.75. The lowest BCUT2D eigenvalue weighted by atomic mass is 10.1. The van der Waals surface area contributed by atoms with Crippen molar-refractivity contribution < 1.29 is 9.53 Å². The van der Waals surface area contributed by atoms with Gasteiger partial charge in [-0.05, 0) is 46.3 Å². The molecule has 0 radical (unpaired) electrons. The SMILES string of the molecule is O=C(Cc1ccc(-n2cnnn2)cc1)Nc1cccc(OCc2cccnc2)c1. The summed E-state index contributed by atoms with van der Waals surface area (Å²) >= 11 is 0. The van der Waals surface area contributed by atoms with Crippen LogP contribution in [0.1, 0.15) is 11.1 Å². The number of hydrogen-bond donors (Lipinski definition) is 1. The number of benzene rings is 2. The first kappa shape index (κ1) is 18.3. The Morgan fingerprint density at radius 3 is 2.69 bits per heavy atom. The van der Waals surface area contributed by atoms with Crippen molar-refractivity contribution in [2.24, 2.45) is 0 Å². The van der Waals surface area contributed by atoms with E-state index in [4.69, 9.17) is 4.74 Å². The molecule has 29 heavy (non-hydrogen) atoms. The van der Waals surface area contributed by atoms with Crippen LogP contribution in [0.15, 0.2) is 79.4 Å². The Bertz CT molecular complexity index is 1070. The molecule has 1 amide bonds. The van der Waals surface area contributed by atoms with Gasteiger partial charge < -0.3 is 10.1 Å². The predicted molar refractivity (Wildman–Crippen MR) is 106 cm³/mol. The van der Waals surface area contributed by atoms with Crippen LogP contribution in [0, 0.1) is 0 Å². The number of amides is 1. The van der Waals surface area contributed by atoms with E-state index in [0.29, 0.717) is 18.0 Å². The van der Waals surface area contributed by atoms with E-state index < -0.39 is 0 Å². The van der Waals surface area contributed by atoms with E-state index >= 15 is 0 Å². The van der Waals surface area contributed by atoms with Gasteiger partial charge in [0.2, 0.25) is 5.91 Å². The van der Waals surface area contributed by atoms with Crippen LogP contribution in [-0.2, 0) is 17.8 Å². The molecule has 144 valence electrons. The molecule has 8 nitrogen and oxygen atoms in total. The predicted octanol–water partition coefficient (Wildman–Crippen LogP) is 2.82. The van der Waals surface area contributed by atoms with Crippen LogP contribution < -0.4 is 10.1 Å². The number of aromatic nitrogens is 5. The summed E-state index contributed by atoms with van der Waals surface area (Å²) in [5.41, 5.74) is 3.39. The summed E-state index contributed by atoms with van der Waals surface area (Å²) in [6.07, 6.45) is 5.26. The molecule has 1 N–H and O–H groups in total. The van der Waals surface area contributed by atoms with E-state index in [1.807, 2.05) is 54.6 Å². The maximum atomic E-state index is 12.4.